The lowest BCUT2D eigenvalue weighted by Crippen LogP contribution is -2.38. The molecule has 1 atom stereocenters. The Labute approximate surface area is 86.8 Å². The van der Waals surface area contributed by atoms with Gasteiger partial charge in [-0.25, -0.2) is 4.79 Å². The molecule has 1 fully saturated rings. The van der Waals surface area contributed by atoms with Crippen molar-refractivity contribution < 1.29 is 19.1 Å². The van der Waals surface area contributed by atoms with Crippen LogP contribution in [0.25, 0.3) is 0 Å². The zero-order valence-electron chi connectivity index (χ0n) is 8.01. The van der Waals surface area contributed by atoms with Gasteiger partial charge in [0.15, 0.2) is 0 Å². The summed E-state index contributed by atoms with van der Waals surface area (Å²) in [5, 5.41) is 0. The van der Waals surface area contributed by atoms with Crippen molar-refractivity contribution in [1.29, 1.82) is 0 Å². The SMILES string of the molecule is O=C(OCC1COC1=O)c1ccccc1. The summed E-state index contributed by atoms with van der Waals surface area (Å²) in [6, 6.07) is 8.67. The van der Waals surface area contributed by atoms with E-state index in [1.807, 2.05) is 6.07 Å². The van der Waals surface area contributed by atoms with Gasteiger partial charge in [0, 0.05) is 0 Å². The van der Waals surface area contributed by atoms with Crippen LogP contribution < -0.4 is 0 Å². The zero-order valence-corrected chi connectivity index (χ0v) is 8.01. The van der Waals surface area contributed by atoms with Crippen molar-refractivity contribution in [2.24, 2.45) is 5.92 Å². The second-order valence-corrected chi connectivity index (χ2v) is 3.29. The molecule has 0 aliphatic carbocycles. The van der Waals surface area contributed by atoms with E-state index in [1.54, 1.807) is 24.3 Å². The molecule has 1 unspecified atom stereocenters. The molecule has 0 bridgehead atoms. The van der Waals surface area contributed by atoms with E-state index in [0.29, 0.717) is 12.2 Å². The van der Waals surface area contributed by atoms with Gasteiger partial charge in [0.05, 0.1) is 5.56 Å². The number of hydrogen-bond donors (Lipinski definition) is 0. The normalized spacial score (nSPS) is 18.9. The zero-order chi connectivity index (χ0) is 10.7. The van der Waals surface area contributed by atoms with Crippen molar-refractivity contribution in [3.63, 3.8) is 0 Å². The second kappa shape index (κ2) is 4.13. The first kappa shape index (κ1) is 9.71. The number of ether oxygens (including phenoxy) is 2. The fourth-order valence-corrected chi connectivity index (χ4v) is 1.22. The average Bonchev–Trinajstić information content (AvgIpc) is 2.28. The highest BCUT2D eigenvalue weighted by atomic mass is 16.6. The van der Waals surface area contributed by atoms with Crippen molar-refractivity contribution in [2.75, 3.05) is 13.2 Å². The van der Waals surface area contributed by atoms with Gasteiger partial charge in [-0.3, -0.25) is 4.79 Å². The third kappa shape index (κ3) is 2.15. The lowest BCUT2D eigenvalue weighted by molar-refractivity contribution is -0.171. The summed E-state index contributed by atoms with van der Waals surface area (Å²) in [6.45, 7) is 0.452. The quantitative estimate of drug-likeness (QED) is 0.693. The Balaban J connectivity index is 1.85. The van der Waals surface area contributed by atoms with Gasteiger partial charge in [0.2, 0.25) is 0 Å². The predicted octanol–water partition coefficient (Wildman–Crippen LogP) is 1.02. The maximum atomic E-state index is 11.4. The van der Waals surface area contributed by atoms with Crippen LogP contribution in [0.3, 0.4) is 0 Å². The largest absolute Gasteiger partial charge is 0.464 e. The van der Waals surface area contributed by atoms with Gasteiger partial charge < -0.3 is 9.47 Å². The molecule has 1 aromatic rings. The van der Waals surface area contributed by atoms with E-state index in [2.05, 4.69) is 4.74 Å². The van der Waals surface area contributed by atoms with Crippen molar-refractivity contribution in [2.45, 2.75) is 0 Å². The summed E-state index contributed by atoms with van der Waals surface area (Å²) in [4.78, 5) is 22.2. The summed E-state index contributed by atoms with van der Waals surface area (Å²) in [6.07, 6.45) is 0. The average molecular weight is 206 g/mol. The molecular formula is C11H10O4. The van der Waals surface area contributed by atoms with Gasteiger partial charge in [0.1, 0.15) is 19.1 Å². The Morgan fingerprint density at radius 2 is 2.13 bits per heavy atom. The first-order valence-electron chi connectivity index (χ1n) is 4.66. The third-order valence-electron chi connectivity index (χ3n) is 2.19. The number of benzene rings is 1. The summed E-state index contributed by atoms with van der Waals surface area (Å²) < 4.78 is 9.51. The third-order valence-corrected chi connectivity index (χ3v) is 2.19. The molecule has 1 aliphatic rings. The van der Waals surface area contributed by atoms with E-state index in [0.717, 1.165) is 0 Å². The van der Waals surface area contributed by atoms with Gasteiger partial charge >= 0.3 is 11.9 Å². The monoisotopic (exact) mass is 206 g/mol. The lowest BCUT2D eigenvalue weighted by atomic mass is 10.1. The molecule has 4 heteroatoms. The molecule has 15 heavy (non-hydrogen) atoms. The fourth-order valence-electron chi connectivity index (χ4n) is 1.22. The number of carbonyl (C=O) groups excluding carboxylic acids is 2. The van der Waals surface area contributed by atoms with Gasteiger partial charge in [0.25, 0.3) is 0 Å². The van der Waals surface area contributed by atoms with Gasteiger partial charge in [-0.1, -0.05) is 18.2 Å². The molecule has 1 aromatic carbocycles. The maximum Gasteiger partial charge on any atom is 0.338 e. The van der Waals surface area contributed by atoms with Gasteiger partial charge in [-0.2, -0.15) is 0 Å². The van der Waals surface area contributed by atoms with E-state index in [-0.39, 0.29) is 18.5 Å². The summed E-state index contributed by atoms with van der Waals surface area (Å²) >= 11 is 0. The van der Waals surface area contributed by atoms with E-state index >= 15 is 0 Å². The van der Waals surface area contributed by atoms with E-state index in [4.69, 9.17) is 4.74 Å². The van der Waals surface area contributed by atoms with Crippen LogP contribution in [0.1, 0.15) is 10.4 Å². The maximum absolute atomic E-state index is 11.4. The fraction of sp³-hybridized carbons (Fsp3) is 0.273. The first-order valence-corrected chi connectivity index (χ1v) is 4.66. The van der Waals surface area contributed by atoms with Crippen LogP contribution in [-0.2, 0) is 14.3 Å². The smallest absolute Gasteiger partial charge is 0.338 e. The van der Waals surface area contributed by atoms with Crippen LogP contribution in [0.5, 0.6) is 0 Å². The molecule has 0 N–H and O–H groups in total. The molecule has 0 amide bonds. The highest BCUT2D eigenvalue weighted by Crippen LogP contribution is 2.13. The van der Waals surface area contributed by atoms with Crippen LogP contribution in [0.2, 0.25) is 0 Å². The Morgan fingerprint density at radius 3 is 2.67 bits per heavy atom. The topological polar surface area (TPSA) is 52.6 Å². The molecule has 0 saturated carbocycles. The molecule has 4 nitrogen and oxygen atoms in total. The molecule has 0 radical (unpaired) electrons. The molecule has 0 aromatic heterocycles. The molecule has 2 rings (SSSR count). The molecule has 1 aliphatic heterocycles. The number of esters is 2. The van der Waals surface area contributed by atoms with Gasteiger partial charge in [-0.05, 0) is 12.1 Å². The number of hydrogen-bond acceptors (Lipinski definition) is 4. The number of cyclic esters (lactones) is 1. The first-order chi connectivity index (χ1) is 7.27. The van der Waals surface area contributed by atoms with E-state index in [9.17, 15) is 9.59 Å². The minimum atomic E-state index is -0.407. The molecular weight excluding hydrogens is 196 g/mol. The summed E-state index contributed by atoms with van der Waals surface area (Å²) in [7, 11) is 0. The summed E-state index contributed by atoms with van der Waals surface area (Å²) in [5.74, 6) is -0.983. The second-order valence-electron chi connectivity index (χ2n) is 3.29. The van der Waals surface area contributed by atoms with Crippen molar-refractivity contribution >= 4 is 11.9 Å². The number of rotatable bonds is 3. The van der Waals surface area contributed by atoms with Crippen LogP contribution >= 0.6 is 0 Å². The minimum Gasteiger partial charge on any atom is -0.464 e. The van der Waals surface area contributed by atoms with E-state index in [1.165, 1.54) is 0 Å². The standard InChI is InChI=1S/C11H10O4/c12-10(8-4-2-1-3-5-8)14-6-9-7-15-11(9)13/h1-5,9H,6-7H2. The Hall–Kier alpha value is -1.84. The molecule has 78 valence electrons. The van der Waals surface area contributed by atoms with Crippen LogP contribution in [0, 0.1) is 5.92 Å². The predicted molar refractivity (Wildman–Crippen MR) is 51.2 cm³/mol. The minimum absolute atomic E-state index is 0.104. The molecule has 1 heterocycles. The number of carbonyl (C=O) groups is 2. The van der Waals surface area contributed by atoms with Crippen molar-refractivity contribution in [1.82, 2.24) is 0 Å². The van der Waals surface area contributed by atoms with Crippen LogP contribution in [0.4, 0.5) is 0 Å². The molecule has 0 spiro atoms. The molecule has 1 saturated heterocycles. The van der Waals surface area contributed by atoms with Crippen molar-refractivity contribution in [3.05, 3.63) is 35.9 Å². The van der Waals surface area contributed by atoms with Gasteiger partial charge in [-0.15, -0.1) is 0 Å². The van der Waals surface area contributed by atoms with Crippen LogP contribution in [-0.4, -0.2) is 25.2 Å². The van der Waals surface area contributed by atoms with Crippen molar-refractivity contribution in [3.8, 4) is 0 Å². The summed E-state index contributed by atoms with van der Waals surface area (Å²) in [5.41, 5.74) is 0.491. The Bertz CT molecular complexity index is 371. The lowest BCUT2D eigenvalue weighted by Gasteiger charge is -2.23. The highest BCUT2D eigenvalue weighted by Gasteiger charge is 2.31. The van der Waals surface area contributed by atoms with Crippen LogP contribution in [0.15, 0.2) is 30.3 Å². The Morgan fingerprint density at radius 1 is 1.40 bits per heavy atom. The van der Waals surface area contributed by atoms with E-state index < -0.39 is 5.97 Å². The Kier molecular flexibility index (Phi) is 2.67. The highest BCUT2D eigenvalue weighted by molar-refractivity contribution is 5.89.